The van der Waals surface area contributed by atoms with Crippen LogP contribution in [0, 0.1) is 13.8 Å². The van der Waals surface area contributed by atoms with Crippen molar-refractivity contribution in [2.45, 2.75) is 13.8 Å². The Morgan fingerprint density at radius 2 is 2.13 bits per heavy atom. The monoisotopic (exact) mass is 219 g/mol. The Morgan fingerprint density at radius 3 is 2.73 bits per heavy atom. The van der Waals surface area contributed by atoms with Crippen LogP contribution in [0.25, 0.3) is 0 Å². The average molecular weight is 219 g/mol. The van der Waals surface area contributed by atoms with Crippen molar-refractivity contribution in [3.05, 3.63) is 40.2 Å². The van der Waals surface area contributed by atoms with E-state index in [1.54, 1.807) is 19.3 Å². The summed E-state index contributed by atoms with van der Waals surface area (Å²) in [6, 6.07) is 1.81. The maximum Gasteiger partial charge on any atom is 0.208 e. The molecule has 5 heteroatoms. The second-order valence-corrected chi connectivity index (χ2v) is 4.02. The van der Waals surface area contributed by atoms with E-state index >= 15 is 0 Å². The predicted molar refractivity (Wildman–Crippen MR) is 57.1 cm³/mol. The number of nitrogens with zero attached hydrogens (tertiary/aromatic N) is 3. The molecule has 0 fully saturated rings. The molecule has 0 aliphatic carbocycles. The predicted octanol–water partition coefficient (Wildman–Crippen LogP) is 1.78. The quantitative estimate of drug-likeness (QED) is 0.722. The minimum atomic E-state index is -0.0568. The van der Waals surface area contributed by atoms with Crippen LogP contribution < -0.4 is 0 Å². The van der Waals surface area contributed by atoms with Gasteiger partial charge in [-0.25, -0.2) is 0 Å². The van der Waals surface area contributed by atoms with Crippen molar-refractivity contribution < 1.29 is 4.79 Å². The molecule has 0 radical (unpaired) electrons. The first-order valence-corrected chi connectivity index (χ1v) is 5.21. The Bertz CT molecular complexity index is 507. The van der Waals surface area contributed by atoms with E-state index in [1.165, 1.54) is 0 Å². The van der Waals surface area contributed by atoms with Crippen molar-refractivity contribution >= 4 is 17.3 Å². The molecular weight excluding hydrogens is 210 g/mol. The van der Waals surface area contributed by atoms with Gasteiger partial charge in [0.15, 0.2) is 0 Å². The van der Waals surface area contributed by atoms with Crippen LogP contribution in [0.1, 0.15) is 26.5 Å². The Hall–Kier alpha value is -1.62. The molecule has 76 valence electrons. The molecule has 2 aromatic heterocycles. The summed E-state index contributed by atoms with van der Waals surface area (Å²) in [4.78, 5) is 16.5. The summed E-state index contributed by atoms with van der Waals surface area (Å²) in [7, 11) is 0. The minimum Gasteiger partial charge on any atom is -0.287 e. The largest absolute Gasteiger partial charge is 0.287 e. The highest BCUT2D eigenvalue weighted by atomic mass is 32.1. The van der Waals surface area contributed by atoms with Crippen molar-refractivity contribution in [2.24, 2.45) is 0 Å². The highest BCUT2D eigenvalue weighted by Crippen LogP contribution is 2.15. The second-order valence-electron chi connectivity index (χ2n) is 3.27. The van der Waals surface area contributed by atoms with E-state index in [1.807, 2.05) is 13.0 Å². The van der Waals surface area contributed by atoms with E-state index in [4.69, 9.17) is 0 Å². The number of aryl methyl sites for hydroxylation is 2. The van der Waals surface area contributed by atoms with Crippen molar-refractivity contribution in [1.29, 1.82) is 0 Å². The summed E-state index contributed by atoms with van der Waals surface area (Å²) in [6.45, 7) is 3.68. The molecule has 0 aliphatic heterocycles. The van der Waals surface area contributed by atoms with Crippen LogP contribution in [0.3, 0.4) is 0 Å². The number of hydrogen-bond acceptors (Lipinski definition) is 5. The number of ketones is 1. The summed E-state index contributed by atoms with van der Waals surface area (Å²) in [5, 5.41) is 3.81. The van der Waals surface area contributed by atoms with Gasteiger partial charge in [-0.1, -0.05) is 4.49 Å². The van der Waals surface area contributed by atoms with Crippen LogP contribution in [-0.2, 0) is 0 Å². The molecule has 2 heterocycles. The lowest BCUT2D eigenvalue weighted by Crippen LogP contribution is -2.01. The van der Waals surface area contributed by atoms with Gasteiger partial charge in [0.1, 0.15) is 4.88 Å². The van der Waals surface area contributed by atoms with E-state index in [2.05, 4.69) is 14.6 Å². The Morgan fingerprint density at radius 1 is 1.33 bits per heavy atom. The summed E-state index contributed by atoms with van der Waals surface area (Å²) in [5.74, 6) is -0.0568. The van der Waals surface area contributed by atoms with Crippen LogP contribution in [0.2, 0.25) is 0 Å². The third-order valence-electron chi connectivity index (χ3n) is 1.99. The fourth-order valence-corrected chi connectivity index (χ4v) is 1.87. The molecule has 2 aromatic rings. The molecular formula is C10H9N3OS. The van der Waals surface area contributed by atoms with Crippen molar-refractivity contribution in [3.8, 4) is 0 Å². The van der Waals surface area contributed by atoms with Gasteiger partial charge >= 0.3 is 0 Å². The molecule has 15 heavy (non-hydrogen) atoms. The molecule has 0 N–H and O–H groups in total. The molecule has 0 aliphatic rings. The van der Waals surface area contributed by atoms with Gasteiger partial charge in [-0.2, -0.15) is 0 Å². The van der Waals surface area contributed by atoms with Crippen molar-refractivity contribution in [2.75, 3.05) is 0 Å². The van der Waals surface area contributed by atoms with Crippen LogP contribution >= 0.6 is 11.5 Å². The van der Waals surface area contributed by atoms with Crippen LogP contribution in [0.15, 0.2) is 18.5 Å². The molecule has 0 spiro atoms. The van der Waals surface area contributed by atoms with Crippen molar-refractivity contribution in [1.82, 2.24) is 14.6 Å². The Balaban J connectivity index is 2.41. The highest BCUT2D eigenvalue weighted by molar-refractivity contribution is 7.08. The van der Waals surface area contributed by atoms with Gasteiger partial charge in [0.05, 0.1) is 5.69 Å². The third-order valence-corrected chi connectivity index (χ3v) is 2.82. The SMILES string of the molecule is Cc1cncc(C(=O)c2snnc2C)c1. The number of rotatable bonds is 2. The molecule has 4 nitrogen and oxygen atoms in total. The van der Waals surface area contributed by atoms with E-state index in [9.17, 15) is 4.79 Å². The smallest absolute Gasteiger partial charge is 0.208 e. The zero-order chi connectivity index (χ0) is 10.8. The molecule has 2 rings (SSSR count). The zero-order valence-corrected chi connectivity index (χ0v) is 9.21. The van der Waals surface area contributed by atoms with Gasteiger partial charge in [-0.3, -0.25) is 9.78 Å². The standard InChI is InChI=1S/C10H9N3OS/c1-6-3-8(5-11-4-6)9(14)10-7(2)12-13-15-10/h3-5H,1-2H3. The Labute approximate surface area is 91.2 Å². The first-order chi connectivity index (χ1) is 7.18. The average Bonchev–Trinajstić information content (AvgIpc) is 2.63. The maximum absolute atomic E-state index is 12.0. The number of carbonyl (C=O) groups excluding carboxylic acids is 1. The normalized spacial score (nSPS) is 10.3. The third kappa shape index (κ3) is 1.92. The van der Waals surface area contributed by atoms with E-state index in [0.717, 1.165) is 17.1 Å². The molecule has 0 atom stereocenters. The van der Waals surface area contributed by atoms with Gasteiger partial charge < -0.3 is 0 Å². The first kappa shape index (κ1) is 9.92. The fraction of sp³-hybridized carbons (Fsp3) is 0.200. The number of pyridine rings is 1. The van der Waals surface area contributed by atoms with Crippen LogP contribution in [0.4, 0.5) is 0 Å². The van der Waals surface area contributed by atoms with Crippen molar-refractivity contribution in [3.63, 3.8) is 0 Å². The topological polar surface area (TPSA) is 55.7 Å². The number of hydrogen-bond donors (Lipinski definition) is 0. The fourth-order valence-electron chi connectivity index (χ4n) is 1.25. The lowest BCUT2D eigenvalue weighted by Gasteiger charge is -1.98. The first-order valence-electron chi connectivity index (χ1n) is 4.44. The minimum absolute atomic E-state index is 0.0568. The molecule has 0 saturated carbocycles. The molecule has 0 saturated heterocycles. The summed E-state index contributed by atoms with van der Waals surface area (Å²) in [5.41, 5.74) is 2.23. The lowest BCUT2D eigenvalue weighted by molar-refractivity contribution is 0.104. The molecule has 0 unspecified atom stereocenters. The summed E-state index contributed by atoms with van der Waals surface area (Å²) >= 11 is 1.12. The van der Waals surface area contributed by atoms with Gasteiger partial charge in [-0.05, 0) is 37.0 Å². The molecule has 0 aromatic carbocycles. The van der Waals surface area contributed by atoms with Crippen LogP contribution in [0.5, 0.6) is 0 Å². The van der Waals surface area contributed by atoms with Gasteiger partial charge in [0.2, 0.25) is 5.78 Å². The van der Waals surface area contributed by atoms with Gasteiger partial charge in [-0.15, -0.1) is 5.10 Å². The summed E-state index contributed by atoms with van der Waals surface area (Å²) in [6.07, 6.45) is 3.28. The molecule has 0 bridgehead atoms. The van der Waals surface area contributed by atoms with Crippen LogP contribution in [-0.4, -0.2) is 20.4 Å². The van der Waals surface area contributed by atoms with E-state index < -0.39 is 0 Å². The molecule has 0 amide bonds. The summed E-state index contributed by atoms with van der Waals surface area (Å²) < 4.78 is 3.74. The van der Waals surface area contributed by atoms with E-state index in [0.29, 0.717) is 16.1 Å². The highest BCUT2D eigenvalue weighted by Gasteiger charge is 2.15. The lowest BCUT2D eigenvalue weighted by atomic mass is 10.1. The maximum atomic E-state index is 12.0. The number of aromatic nitrogens is 3. The van der Waals surface area contributed by atoms with Gasteiger partial charge in [0.25, 0.3) is 0 Å². The van der Waals surface area contributed by atoms with Gasteiger partial charge in [0, 0.05) is 18.0 Å². The van der Waals surface area contributed by atoms with E-state index in [-0.39, 0.29) is 5.78 Å². The Kier molecular flexibility index (Phi) is 2.55. The second kappa shape index (κ2) is 3.86. The zero-order valence-electron chi connectivity index (χ0n) is 8.39. The number of carbonyl (C=O) groups is 1.